The first kappa shape index (κ1) is 11.6. The SMILES string of the molecule is CC1OC(C(F)(F)F)=c2ccccc2=NC1=O. The van der Waals surface area contributed by atoms with Gasteiger partial charge in [0.15, 0.2) is 6.10 Å². The van der Waals surface area contributed by atoms with Crippen LogP contribution < -0.4 is 10.6 Å². The number of hydrogen-bond acceptors (Lipinski definition) is 2. The minimum atomic E-state index is -4.65. The number of benzene rings is 1. The van der Waals surface area contributed by atoms with E-state index in [0.29, 0.717) is 0 Å². The van der Waals surface area contributed by atoms with Crippen molar-refractivity contribution in [2.45, 2.75) is 19.2 Å². The molecule has 1 aromatic carbocycles. The summed E-state index contributed by atoms with van der Waals surface area (Å²) in [5.41, 5.74) is 0. The Morgan fingerprint density at radius 1 is 1.29 bits per heavy atom. The van der Waals surface area contributed by atoms with Crippen molar-refractivity contribution in [3.8, 4) is 0 Å². The molecule has 1 atom stereocenters. The first-order valence-electron chi connectivity index (χ1n) is 4.85. The predicted molar refractivity (Wildman–Crippen MR) is 52.2 cm³/mol. The van der Waals surface area contributed by atoms with E-state index in [-0.39, 0.29) is 10.6 Å². The lowest BCUT2D eigenvalue weighted by Gasteiger charge is -2.15. The number of rotatable bonds is 0. The third kappa shape index (κ3) is 2.15. The highest BCUT2D eigenvalue weighted by Gasteiger charge is 2.39. The van der Waals surface area contributed by atoms with Gasteiger partial charge in [-0.2, -0.15) is 13.2 Å². The van der Waals surface area contributed by atoms with E-state index in [1.54, 1.807) is 0 Å². The largest absolute Gasteiger partial charge is 0.475 e. The van der Waals surface area contributed by atoms with Gasteiger partial charge in [-0.1, -0.05) is 12.1 Å². The van der Waals surface area contributed by atoms with E-state index in [2.05, 4.69) is 9.73 Å². The van der Waals surface area contributed by atoms with Crippen molar-refractivity contribution in [2.75, 3.05) is 0 Å². The van der Waals surface area contributed by atoms with Gasteiger partial charge in [0.25, 0.3) is 5.91 Å². The number of para-hydroxylation sites is 1. The van der Waals surface area contributed by atoms with Gasteiger partial charge in [-0.05, 0) is 19.1 Å². The Kier molecular flexibility index (Phi) is 2.65. The fourth-order valence-corrected chi connectivity index (χ4v) is 1.48. The second-order valence-corrected chi connectivity index (χ2v) is 3.55. The van der Waals surface area contributed by atoms with Gasteiger partial charge >= 0.3 is 6.18 Å². The van der Waals surface area contributed by atoms with Crippen LogP contribution in [0.2, 0.25) is 0 Å². The number of hydrogen-bond donors (Lipinski definition) is 0. The summed E-state index contributed by atoms with van der Waals surface area (Å²) in [6.45, 7) is 1.24. The molecule has 1 amide bonds. The molecule has 90 valence electrons. The van der Waals surface area contributed by atoms with Crippen LogP contribution in [-0.2, 0) is 9.53 Å². The van der Waals surface area contributed by atoms with Crippen molar-refractivity contribution in [1.29, 1.82) is 0 Å². The average Bonchev–Trinajstić information content (AvgIpc) is 2.36. The van der Waals surface area contributed by atoms with E-state index in [9.17, 15) is 18.0 Å². The molecule has 17 heavy (non-hydrogen) atoms. The number of alkyl halides is 3. The molecule has 1 aliphatic rings. The molecule has 0 saturated carbocycles. The van der Waals surface area contributed by atoms with Crippen molar-refractivity contribution in [3.05, 3.63) is 34.8 Å². The van der Waals surface area contributed by atoms with E-state index in [0.717, 1.165) is 0 Å². The number of carbonyl (C=O) groups is 1. The quantitative estimate of drug-likeness (QED) is 0.679. The van der Waals surface area contributed by atoms with Crippen LogP contribution in [0.4, 0.5) is 13.2 Å². The summed E-state index contributed by atoms with van der Waals surface area (Å²) in [5, 5.41) is -0.230. The number of fused-ring (bicyclic) bond motifs is 1. The zero-order valence-electron chi connectivity index (χ0n) is 8.78. The zero-order chi connectivity index (χ0) is 12.6. The smallest absolute Gasteiger partial charge is 0.449 e. The van der Waals surface area contributed by atoms with Gasteiger partial charge in [-0.3, -0.25) is 4.79 Å². The summed E-state index contributed by atoms with van der Waals surface area (Å²) in [5.74, 6) is -1.90. The predicted octanol–water partition coefficient (Wildman–Crippen LogP) is 0.922. The van der Waals surface area contributed by atoms with Gasteiger partial charge in [0.05, 0.1) is 5.36 Å². The topological polar surface area (TPSA) is 38.7 Å². The van der Waals surface area contributed by atoms with Gasteiger partial charge < -0.3 is 4.74 Å². The molecule has 0 aliphatic carbocycles. The van der Waals surface area contributed by atoms with Crippen molar-refractivity contribution in [2.24, 2.45) is 4.99 Å². The van der Waals surface area contributed by atoms with Gasteiger partial charge in [-0.15, -0.1) is 0 Å². The molecule has 1 aromatic rings. The summed E-state index contributed by atoms with van der Waals surface area (Å²) in [6.07, 6.45) is -5.89. The molecule has 3 nitrogen and oxygen atoms in total. The maximum Gasteiger partial charge on any atom is 0.449 e. The second kappa shape index (κ2) is 3.87. The first-order valence-corrected chi connectivity index (χ1v) is 4.85. The molecule has 0 aromatic heterocycles. The lowest BCUT2D eigenvalue weighted by atomic mass is 10.2. The van der Waals surface area contributed by atoms with Gasteiger partial charge in [-0.25, -0.2) is 4.99 Å². The molecule has 1 heterocycles. The molecule has 6 heteroatoms. The van der Waals surface area contributed by atoms with Crippen molar-refractivity contribution in [3.63, 3.8) is 0 Å². The van der Waals surface area contributed by atoms with E-state index in [1.807, 2.05) is 0 Å². The van der Waals surface area contributed by atoms with Gasteiger partial charge in [0, 0.05) is 5.22 Å². The number of ether oxygens (including phenoxy) is 1. The third-order valence-corrected chi connectivity index (χ3v) is 2.28. The molecular formula is C11H8F3NO2. The molecule has 0 radical (unpaired) electrons. The Bertz CT molecular complexity index is 577. The van der Waals surface area contributed by atoms with Crippen molar-refractivity contribution in [1.82, 2.24) is 0 Å². The number of nitrogens with zero attached hydrogens (tertiary/aromatic N) is 1. The molecule has 0 spiro atoms. The Labute approximate surface area is 94.2 Å². The molecule has 0 bridgehead atoms. The van der Waals surface area contributed by atoms with Crippen LogP contribution in [0.3, 0.4) is 0 Å². The average molecular weight is 243 g/mol. The Morgan fingerprint density at radius 2 is 1.94 bits per heavy atom. The lowest BCUT2D eigenvalue weighted by molar-refractivity contribution is -0.130. The molecule has 2 rings (SSSR count). The summed E-state index contributed by atoms with van der Waals surface area (Å²) >= 11 is 0. The molecule has 1 aliphatic heterocycles. The zero-order valence-corrected chi connectivity index (χ0v) is 8.78. The summed E-state index contributed by atoms with van der Waals surface area (Å²) in [7, 11) is 0. The highest BCUT2D eigenvalue weighted by molar-refractivity contribution is 5.82. The fraction of sp³-hybridized carbons (Fsp3) is 0.273. The van der Waals surface area contributed by atoms with Crippen LogP contribution in [0.15, 0.2) is 29.3 Å². The highest BCUT2D eigenvalue weighted by atomic mass is 19.4. The standard InChI is InChI=1S/C11H8F3NO2/c1-6-10(16)15-8-5-3-2-4-7(8)9(17-6)11(12,13)14/h2-6H,1H3. The highest BCUT2D eigenvalue weighted by Crippen LogP contribution is 2.28. The maximum atomic E-state index is 12.8. The van der Waals surface area contributed by atoms with E-state index < -0.39 is 23.9 Å². The number of halogens is 3. The monoisotopic (exact) mass is 243 g/mol. The van der Waals surface area contributed by atoms with Crippen molar-refractivity contribution < 1.29 is 22.7 Å². The van der Waals surface area contributed by atoms with Crippen LogP contribution in [0.5, 0.6) is 0 Å². The lowest BCUT2D eigenvalue weighted by Crippen LogP contribution is -2.32. The second-order valence-electron chi connectivity index (χ2n) is 3.55. The number of amides is 1. The minimum Gasteiger partial charge on any atom is -0.475 e. The fourth-order valence-electron chi connectivity index (χ4n) is 1.48. The third-order valence-electron chi connectivity index (χ3n) is 2.28. The first-order chi connectivity index (χ1) is 7.89. The van der Waals surface area contributed by atoms with E-state index in [1.165, 1.54) is 31.2 Å². The maximum absolute atomic E-state index is 12.8. The minimum absolute atomic E-state index is 0.0193. The van der Waals surface area contributed by atoms with Crippen molar-refractivity contribution >= 4 is 11.7 Å². The Balaban J connectivity index is 2.84. The Hall–Kier alpha value is -1.85. The van der Waals surface area contributed by atoms with Crippen LogP contribution in [0.25, 0.3) is 5.76 Å². The summed E-state index contributed by atoms with van der Waals surface area (Å²) < 4.78 is 43.0. The van der Waals surface area contributed by atoms with Gasteiger partial charge in [0.1, 0.15) is 0 Å². The van der Waals surface area contributed by atoms with Crippen LogP contribution in [0, 0.1) is 0 Å². The Morgan fingerprint density at radius 3 is 2.59 bits per heavy atom. The normalized spacial score (nSPS) is 20.1. The van der Waals surface area contributed by atoms with Crippen LogP contribution in [-0.4, -0.2) is 18.2 Å². The number of carbonyl (C=O) groups excluding carboxylic acids is 1. The molecular weight excluding hydrogens is 235 g/mol. The summed E-state index contributed by atoms with van der Waals surface area (Å²) in [4.78, 5) is 15.0. The van der Waals surface area contributed by atoms with E-state index in [4.69, 9.17) is 0 Å². The van der Waals surface area contributed by atoms with Crippen LogP contribution in [0.1, 0.15) is 6.92 Å². The van der Waals surface area contributed by atoms with E-state index >= 15 is 0 Å². The summed E-state index contributed by atoms with van der Waals surface area (Å²) in [6, 6.07) is 5.52. The van der Waals surface area contributed by atoms with Crippen LogP contribution >= 0.6 is 0 Å². The molecule has 0 fully saturated rings. The molecule has 0 N–H and O–H groups in total. The molecule has 0 saturated heterocycles. The van der Waals surface area contributed by atoms with Gasteiger partial charge in [0.2, 0.25) is 5.76 Å². The molecule has 1 unspecified atom stereocenters.